The Bertz CT molecular complexity index is 963. The molecule has 0 spiro atoms. The smallest absolute Gasteiger partial charge is 0.235 e. The first-order valence-corrected chi connectivity index (χ1v) is 9.61. The third-order valence-corrected chi connectivity index (χ3v) is 3.95. The van der Waals surface area contributed by atoms with Gasteiger partial charge in [-0.1, -0.05) is 18.2 Å². The Hall–Kier alpha value is -1.56. The lowest BCUT2D eigenvalue weighted by Gasteiger charge is -2.06. The summed E-state index contributed by atoms with van der Waals surface area (Å²) in [6.07, 6.45) is 0. The van der Waals surface area contributed by atoms with E-state index >= 15 is 0 Å². The number of hydrogen-bond donors (Lipinski definition) is 0. The lowest BCUT2D eigenvalue weighted by Crippen LogP contribution is -2.30. The molecule has 128 valence electrons. The number of nitrogens with zero attached hydrogens (tertiary/aromatic N) is 2. The number of aromatic nitrogens is 2. The molecule has 0 saturated heterocycles. The number of alkyl halides is 1. The van der Waals surface area contributed by atoms with Crippen molar-refractivity contribution in [2.45, 2.75) is 0 Å². The molecule has 0 bridgehead atoms. The quantitative estimate of drug-likeness (QED) is 0.148. The van der Waals surface area contributed by atoms with E-state index in [1.807, 2.05) is 30.3 Å². The molecule has 0 fully saturated rings. The maximum absolute atomic E-state index is 9.22. The standard InChI is InChI=1S/C14H12IN2O.CH4O4S/c1-17-11-6-3-2-5-10(11)16-14-12(17)7-4-8-13(14)18-9-15;1-5-6(2,3)4/h2-8H,9H2,1H3;1H3,(H,2,3,4)/q+1;/p-1. The molecule has 0 unspecified atom stereocenters. The first kappa shape index (κ1) is 18.8. The van der Waals surface area contributed by atoms with Gasteiger partial charge in [0, 0.05) is 12.1 Å². The molecule has 1 aromatic heterocycles. The lowest BCUT2D eigenvalue weighted by atomic mass is 10.2. The average Bonchev–Trinajstić information content (AvgIpc) is 2.56. The van der Waals surface area contributed by atoms with Crippen molar-refractivity contribution in [3.05, 3.63) is 42.5 Å². The van der Waals surface area contributed by atoms with Gasteiger partial charge in [-0.15, -0.1) is 0 Å². The van der Waals surface area contributed by atoms with Crippen LogP contribution in [0.1, 0.15) is 0 Å². The van der Waals surface area contributed by atoms with Crippen LogP contribution >= 0.6 is 22.6 Å². The normalized spacial score (nSPS) is 11.2. The van der Waals surface area contributed by atoms with Gasteiger partial charge in [0.1, 0.15) is 17.2 Å². The van der Waals surface area contributed by atoms with Gasteiger partial charge in [0.05, 0.1) is 7.11 Å². The Morgan fingerprint density at radius 1 is 1.17 bits per heavy atom. The van der Waals surface area contributed by atoms with Crippen LogP contribution in [0.15, 0.2) is 42.5 Å². The van der Waals surface area contributed by atoms with Gasteiger partial charge in [-0.3, -0.25) is 4.18 Å². The largest absolute Gasteiger partial charge is 0.726 e. The maximum Gasteiger partial charge on any atom is 0.235 e. The second kappa shape index (κ2) is 8.01. The van der Waals surface area contributed by atoms with Crippen LogP contribution in [-0.4, -0.2) is 29.7 Å². The summed E-state index contributed by atoms with van der Waals surface area (Å²) in [5.41, 5.74) is 4.10. The van der Waals surface area contributed by atoms with Gasteiger partial charge in [-0.2, -0.15) is 4.57 Å². The van der Waals surface area contributed by atoms with Crippen LogP contribution in [0.5, 0.6) is 5.75 Å². The minimum atomic E-state index is -4.41. The van der Waals surface area contributed by atoms with E-state index in [1.165, 1.54) is 0 Å². The fourth-order valence-corrected chi connectivity index (χ4v) is 2.50. The predicted molar refractivity (Wildman–Crippen MR) is 96.6 cm³/mol. The zero-order valence-electron chi connectivity index (χ0n) is 13.0. The van der Waals surface area contributed by atoms with Gasteiger partial charge in [-0.25, -0.2) is 13.4 Å². The minimum Gasteiger partial charge on any atom is -0.726 e. The number of halogens is 1. The topological polar surface area (TPSA) is 92.4 Å². The van der Waals surface area contributed by atoms with Crippen molar-refractivity contribution in [3.63, 3.8) is 0 Å². The number of para-hydroxylation sites is 3. The van der Waals surface area contributed by atoms with Crippen molar-refractivity contribution in [1.82, 2.24) is 4.98 Å². The molecule has 2 aromatic carbocycles. The van der Waals surface area contributed by atoms with Crippen LogP contribution in [0, 0.1) is 0 Å². The lowest BCUT2D eigenvalue weighted by molar-refractivity contribution is -0.617. The van der Waals surface area contributed by atoms with Crippen LogP contribution in [-0.2, 0) is 21.6 Å². The van der Waals surface area contributed by atoms with Crippen LogP contribution < -0.4 is 9.30 Å². The minimum absolute atomic E-state index is 0.620. The Labute approximate surface area is 153 Å². The molecule has 1 heterocycles. The van der Waals surface area contributed by atoms with Crippen LogP contribution in [0.25, 0.3) is 22.1 Å². The van der Waals surface area contributed by atoms with Gasteiger partial charge < -0.3 is 9.29 Å². The summed E-state index contributed by atoms with van der Waals surface area (Å²) >= 11 is 2.19. The van der Waals surface area contributed by atoms with E-state index in [9.17, 15) is 13.0 Å². The van der Waals surface area contributed by atoms with Gasteiger partial charge in [0.25, 0.3) is 0 Å². The molecule has 0 aliphatic rings. The van der Waals surface area contributed by atoms with Crippen LogP contribution in [0.4, 0.5) is 0 Å². The van der Waals surface area contributed by atoms with E-state index in [1.54, 1.807) is 0 Å². The van der Waals surface area contributed by atoms with Crippen molar-refractivity contribution in [2.24, 2.45) is 7.05 Å². The van der Waals surface area contributed by atoms with Crippen LogP contribution in [0.3, 0.4) is 0 Å². The summed E-state index contributed by atoms with van der Waals surface area (Å²) in [6.45, 7) is 0. The van der Waals surface area contributed by atoms with E-state index < -0.39 is 10.4 Å². The second-order valence-electron chi connectivity index (χ2n) is 4.61. The molecular formula is C15H15IN2O5S. The van der Waals surface area contributed by atoms with E-state index in [4.69, 9.17) is 9.72 Å². The molecule has 0 aliphatic heterocycles. The Morgan fingerprint density at radius 3 is 2.42 bits per heavy atom. The molecule has 0 aliphatic carbocycles. The molecule has 3 rings (SSSR count). The Morgan fingerprint density at radius 2 is 1.79 bits per heavy atom. The van der Waals surface area contributed by atoms with Crippen molar-refractivity contribution in [3.8, 4) is 5.75 Å². The van der Waals surface area contributed by atoms with Crippen molar-refractivity contribution in [2.75, 3.05) is 11.7 Å². The molecule has 0 amide bonds. The summed E-state index contributed by atoms with van der Waals surface area (Å²) < 4.78 is 39.4. The number of ether oxygens (including phenoxy) is 1. The second-order valence-corrected chi connectivity index (χ2v) is 6.38. The summed E-state index contributed by atoms with van der Waals surface area (Å²) in [5, 5.41) is 0. The number of benzene rings is 2. The third-order valence-electron chi connectivity index (χ3n) is 3.23. The number of hydrogen-bond acceptors (Lipinski definition) is 6. The molecule has 24 heavy (non-hydrogen) atoms. The van der Waals surface area contributed by atoms with Gasteiger partial charge in [-0.05, 0) is 34.7 Å². The van der Waals surface area contributed by atoms with Gasteiger partial charge in [0.15, 0.2) is 11.3 Å². The highest BCUT2D eigenvalue weighted by Crippen LogP contribution is 2.23. The molecule has 0 N–H and O–H groups in total. The number of fused-ring (bicyclic) bond motifs is 2. The van der Waals surface area contributed by atoms with Crippen molar-refractivity contribution in [1.29, 1.82) is 0 Å². The number of aryl methyl sites for hydroxylation is 1. The molecule has 3 aromatic rings. The summed E-state index contributed by atoms with van der Waals surface area (Å²) in [7, 11) is -1.55. The van der Waals surface area contributed by atoms with E-state index in [0.29, 0.717) is 4.61 Å². The highest BCUT2D eigenvalue weighted by Gasteiger charge is 2.15. The molecular weight excluding hydrogens is 447 g/mol. The monoisotopic (exact) mass is 462 g/mol. The fourth-order valence-electron chi connectivity index (χ4n) is 2.16. The summed E-state index contributed by atoms with van der Waals surface area (Å²) in [4.78, 5) is 4.71. The fraction of sp³-hybridized carbons (Fsp3) is 0.200. The van der Waals surface area contributed by atoms with E-state index in [0.717, 1.165) is 34.9 Å². The highest BCUT2D eigenvalue weighted by atomic mass is 127. The highest BCUT2D eigenvalue weighted by molar-refractivity contribution is 14.1. The van der Waals surface area contributed by atoms with E-state index in [-0.39, 0.29) is 0 Å². The Kier molecular flexibility index (Phi) is 6.27. The molecule has 9 heteroatoms. The van der Waals surface area contributed by atoms with E-state index in [2.05, 4.69) is 50.5 Å². The Balaban J connectivity index is 0.000000301. The molecule has 0 atom stereocenters. The molecule has 0 radical (unpaired) electrons. The van der Waals surface area contributed by atoms with Crippen LogP contribution in [0.2, 0.25) is 0 Å². The summed E-state index contributed by atoms with van der Waals surface area (Å²) in [5.74, 6) is 0.836. The molecule has 0 saturated carbocycles. The zero-order chi connectivity index (χ0) is 17.7. The SMILES string of the molecule is COS(=O)(=O)[O-].C[n+]1c2ccccc2nc2c(OCI)cccc21. The predicted octanol–water partition coefficient (Wildman–Crippen LogP) is 2.08. The summed E-state index contributed by atoms with van der Waals surface area (Å²) in [6, 6.07) is 14.2. The zero-order valence-corrected chi connectivity index (χ0v) is 15.9. The van der Waals surface area contributed by atoms with Crippen molar-refractivity contribution < 1.29 is 26.5 Å². The maximum atomic E-state index is 9.22. The third kappa shape index (κ3) is 4.50. The van der Waals surface area contributed by atoms with Gasteiger partial charge in [0.2, 0.25) is 21.4 Å². The first-order valence-electron chi connectivity index (χ1n) is 6.75. The van der Waals surface area contributed by atoms with Gasteiger partial charge >= 0.3 is 0 Å². The molecule has 7 nitrogen and oxygen atoms in total. The average molecular weight is 462 g/mol. The number of rotatable bonds is 3. The first-order chi connectivity index (χ1) is 11.4. The van der Waals surface area contributed by atoms with Crippen molar-refractivity contribution >= 4 is 55.1 Å².